The molecule has 0 aliphatic carbocycles. The van der Waals surface area contributed by atoms with Gasteiger partial charge in [-0.05, 0) is 12.3 Å². The van der Waals surface area contributed by atoms with Crippen molar-refractivity contribution in [3.63, 3.8) is 0 Å². The molecule has 0 bridgehead atoms. The average Bonchev–Trinajstić information content (AvgIpc) is 2.96. The van der Waals surface area contributed by atoms with Crippen molar-refractivity contribution in [1.82, 2.24) is 8.87 Å². The zero-order chi connectivity index (χ0) is 19.7. The van der Waals surface area contributed by atoms with E-state index in [-0.39, 0.29) is 18.4 Å². The summed E-state index contributed by atoms with van der Waals surface area (Å²) < 4.78 is 33.7. The van der Waals surface area contributed by atoms with Crippen molar-refractivity contribution < 1.29 is 34.3 Å². The molecular formula is C17H32ClN3O4S2. The second kappa shape index (κ2) is 12.6. The minimum atomic E-state index is -3.52. The SMILES string of the molecule is CCCCC(CC)COC(=O)CCSc1c[n+](S(=O)(=O)N(C)C)cn1C.[Cl-]. The number of hydrogen-bond acceptors (Lipinski definition) is 5. The van der Waals surface area contributed by atoms with Crippen molar-refractivity contribution in [3.05, 3.63) is 12.5 Å². The van der Waals surface area contributed by atoms with Crippen LogP contribution in [0, 0.1) is 5.92 Å². The van der Waals surface area contributed by atoms with E-state index < -0.39 is 10.2 Å². The van der Waals surface area contributed by atoms with Crippen LogP contribution in [0.5, 0.6) is 0 Å². The minimum Gasteiger partial charge on any atom is -1.00 e. The fraction of sp³-hybridized carbons (Fsp3) is 0.765. The van der Waals surface area contributed by atoms with Crippen LogP contribution in [0.2, 0.25) is 0 Å². The predicted molar refractivity (Wildman–Crippen MR) is 103 cm³/mol. The first-order chi connectivity index (χ1) is 12.2. The van der Waals surface area contributed by atoms with Gasteiger partial charge in [0.05, 0.1) is 20.1 Å². The number of rotatable bonds is 12. The molecule has 7 nitrogen and oxygen atoms in total. The molecule has 0 fully saturated rings. The third-order valence-corrected chi connectivity index (χ3v) is 6.93. The van der Waals surface area contributed by atoms with Gasteiger partial charge in [-0.15, -0.1) is 3.97 Å². The zero-order valence-corrected chi connectivity index (χ0v) is 19.2. The molecule has 0 aliphatic rings. The Kier molecular flexibility index (Phi) is 12.3. The summed E-state index contributed by atoms with van der Waals surface area (Å²) in [7, 11) is 1.23. The molecule has 1 heterocycles. The molecule has 158 valence electrons. The Morgan fingerprint density at radius 2 is 2.04 bits per heavy atom. The summed E-state index contributed by atoms with van der Waals surface area (Å²) in [6.45, 7) is 4.77. The number of esters is 1. The van der Waals surface area contributed by atoms with Gasteiger partial charge in [0.25, 0.3) is 6.33 Å². The lowest BCUT2D eigenvalue weighted by atomic mass is 10.0. The summed E-state index contributed by atoms with van der Waals surface area (Å²) in [5, 5.41) is 0.776. The largest absolute Gasteiger partial charge is 1.00 e. The first-order valence-corrected chi connectivity index (χ1v) is 11.4. The van der Waals surface area contributed by atoms with Gasteiger partial charge in [-0.3, -0.25) is 4.79 Å². The summed E-state index contributed by atoms with van der Waals surface area (Å²) in [6.07, 6.45) is 7.81. The molecule has 1 aromatic heterocycles. The quantitative estimate of drug-likeness (QED) is 0.241. The Morgan fingerprint density at radius 1 is 1.37 bits per heavy atom. The zero-order valence-electron chi connectivity index (χ0n) is 16.9. The van der Waals surface area contributed by atoms with Crippen molar-refractivity contribution >= 4 is 27.9 Å². The molecule has 27 heavy (non-hydrogen) atoms. The molecular weight excluding hydrogens is 410 g/mol. The molecule has 1 unspecified atom stereocenters. The lowest BCUT2D eigenvalue weighted by Gasteiger charge is -2.14. The van der Waals surface area contributed by atoms with E-state index >= 15 is 0 Å². The molecule has 0 radical (unpaired) electrons. The standard InChI is InChI=1S/C17H32N3O4S2.ClH/c1-6-8-9-15(7-2)13-24-17(21)10-11-25-16-12-20(14-19(16)5)26(22,23)18(3)4;/h12,14-15H,6-11,13H2,1-5H3;1H/q+1;/p-1. The van der Waals surface area contributed by atoms with Gasteiger partial charge < -0.3 is 17.1 Å². The number of carbonyl (C=O) groups is 1. The van der Waals surface area contributed by atoms with E-state index in [1.54, 1.807) is 17.8 Å². The monoisotopic (exact) mass is 441 g/mol. The Labute approximate surface area is 174 Å². The molecule has 0 spiro atoms. The van der Waals surface area contributed by atoms with Crippen LogP contribution in [0.15, 0.2) is 17.6 Å². The van der Waals surface area contributed by atoms with Gasteiger partial charge in [0.1, 0.15) is 0 Å². The summed E-state index contributed by atoms with van der Waals surface area (Å²) in [4.78, 5) is 11.9. The topological polar surface area (TPSA) is 72.5 Å². The summed E-state index contributed by atoms with van der Waals surface area (Å²) in [5.74, 6) is 0.787. The van der Waals surface area contributed by atoms with E-state index in [9.17, 15) is 13.2 Å². The van der Waals surface area contributed by atoms with E-state index in [1.165, 1.54) is 36.2 Å². The highest BCUT2D eigenvalue weighted by molar-refractivity contribution is 7.99. The summed E-state index contributed by atoms with van der Waals surface area (Å²) in [6, 6.07) is 0. The minimum absolute atomic E-state index is 0. The van der Waals surface area contributed by atoms with E-state index in [0.29, 0.717) is 24.7 Å². The van der Waals surface area contributed by atoms with Gasteiger partial charge in [-0.25, -0.2) is 4.57 Å². The number of nitrogens with zero attached hydrogens (tertiary/aromatic N) is 3. The first-order valence-electron chi connectivity index (χ1n) is 9.01. The van der Waals surface area contributed by atoms with Crippen molar-refractivity contribution in [1.29, 1.82) is 0 Å². The normalized spacial score (nSPS) is 12.7. The number of aromatic nitrogens is 2. The van der Waals surface area contributed by atoms with Gasteiger partial charge in [0.2, 0.25) is 5.03 Å². The Morgan fingerprint density at radius 3 is 2.59 bits per heavy atom. The van der Waals surface area contributed by atoms with Crippen molar-refractivity contribution in [2.24, 2.45) is 13.0 Å². The van der Waals surface area contributed by atoms with E-state index in [2.05, 4.69) is 13.8 Å². The van der Waals surface area contributed by atoms with Crippen molar-refractivity contribution in [3.8, 4) is 0 Å². The molecule has 10 heteroatoms. The molecule has 0 amide bonds. The van der Waals surface area contributed by atoms with Crippen molar-refractivity contribution in [2.45, 2.75) is 51.0 Å². The average molecular weight is 442 g/mol. The fourth-order valence-corrected chi connectivity index (χ4v) is 4.19. The van der Waals surface area contributed by atoms with Crippen LogP contribution in [0.3, 0.4) is 0 Å². The van der Waals surface area contributed by atoms with Crippen LogP contribution in [0.25, 0.3) is 0 Å². The first kappa shape index (κ1) is 26.2. The van der Waals surface area contributed by atoms with Gasteiger partial charge in [-0.1, -0.05) is 44.9 Å². The molecule has 0 aromatic carbocycles. The highest BCUT2D eigenvalue weighted by atomic mass is 35.5. The number of thioether (sulfide) groups is 1. The van der Waals surface area contributed by atoms with E-state index in [0.717, 1.165) is 35.0 Å². The van der Waals surface area contributed by atoms with Crippen LogP contribution >= 0.6 is 11.8 Å². The predicted octanol–water partition coefficient (Wildman–Crippen LogP) is -0.787. The van der Waals surface area contributed by atoms with Crippen molar-refractivity contribution in [2.75, 3.05) is 26.5 Å². The van der Waals surface area contributed by atoms with Gasteiger partial charge in [0.15, 0.2) is 6.20 Å². The maximum absolute atomic E-state index is 12.1. The molecule has 1 rings (SSSR count). The maximum atomic E-state index is 12.1. The Balaban J connectivity index is 0.00000676. The molecule has 0 saturated heterocycles. The number of carbonyl (C=O) groups excluding carboxylic acids is 1. The van der Waals surface area contributed by atoms with Gasteiger partial charge in [0, 0.05) is 19.8 Å². The lowest BCUT2D eigenvalue weighted by Crippen LogP contribution is -3.00. The Bertz CT molecular complexity index is 678. The number of halogens is 1. The van der Waals surface area contributed by atoms with E-state index in [1.807, 2.05) is 0 Å². The number of imidazole rings is 1. The summed E-state index contributed by atoms with van der Waals surface area (Å²) in [5.41, 5.74) is 0. The van der Waals surface area contributed by atoms with Crippen LogP contribution < -0.4 is 16.4 Å². The lowest BCUT2D eigenvalue weighted by molar-refractivity contribution is -0.515. The summed E-state index contributed by atoms with van der Waals surface area (Å²) >= 11 is 1.44. The number of unbranched alkanes of at least 4 members (excludes halogenated alkanes) is 1. The number of hydrogen-bond donors (Lipinski definition) is 0. The highest BCUT2D eigenvalue weighted by Crippen LogP contribution is 2.18. The number of aryl methyl sites for hydroxylation is 1. The fourth-order valence-electron chi connectivity index (χ4n) is 2.33. The van der Waals surface area contributed by atoms with Crippen LogP contribution in [0.4, 0.5) is 0 Å². The smallest absolute Gasteiger partial charge is 0.379 e. The van der Waals surface area contributed by atoms with Crippen LogP contribution in [-0.2, 0) is 26.8 Å². The van der Waals surface area contributed by atoms with Crippen LogP contribution in [0.1, 0.15) is 46.0 Å². The van der Waals surface area contributed by atoms with Gasteiger partial charge in [-0.2, -0.15) is 12.7 Å². The maximum Gasteiger partial charge on any atom is 0.379 e. The van der Waals surface area contributed by atoms with E-state index in [4.69, 9.17) is 4.74 Å². The van der Waals surface area contributed by atoms with Crippen LogP contribution in [-0.4, -0.2) is 49.7 Å². The number of ether oxygens (including phenoxy) is 1. The molecule has 0 saturated carbocycles. The third-order valence-electron chi connectivity index (χ3n) is 4.18. The second-order valence-electron chi connectivity index (χ2n) is 6.51. The van der Waals surface area contributed by atoms with Gasteiger partial charge >= 0.3 is 16.2 Å². The highest BCUT2D eigenvalue weighted by Gasteiger charge is 2.25. The molecule has 1 aromatic rings. The molecule has 1 atom stereocenters. The third kappa shape index (κ3) is 8.41. The second-order valence-corrected chi connectivity index (χ2v) is 9.67. The Hall–Kier alpha value is -0.770. The molecule has 0 aliphatic heterocycles. The molecule has 0 N–H and O–H groups in total.